The van der Waals surface area contributed by atoms with Gasteiger partial charge in [0.25, 0.3) is 0 Å². The van der Waals surface area contributed by atoms with Crippen LogP contribution in [0.2, 0.25) is 0 Å². The summed E-state index contributed by atoms with van der Waals surface area (Å²) in [5, 5.41) is 6.90. The third-order valence-corrected chi connectivity index (χ3v) is 7.49. The maximum absolute atomic E-state index is 15.0. The molecule has 2 N–H and O–H groups in total. The molecule has 0 radical (unpaired) electrons. The Morgan fingerprint density at radius 1 is 0.972 bits per heavy atom. The fraction of sp³-hybridized carbons (Fsp3) is 0.321. The highest BCUT2D eigenvalue weighted by atomic mass is 32.2. The number of hydrogen-bond donors (Lipinski definition) is 2. The zero-order valence-electron chi connectivity index (χ0n) is 21.1. The molecule has 1 heterocycles. The summed E-state index contributed by atoms with van der Waals surface area (Å²) in [5.74, 6) is 3.73. The van der Waals surface area contributed by atoms with Crippen LogP contribution in [-0.2, 0) is 18.0 Å². The first-order valence-corrected chi connectivity index (χ1v) is 12.8. The summed E-state index contributed by atoms with van der Waals surface area (Å²) in [5.41, 5.74) is 3.53. The van der Waals surface area contributed by atoms with Crippen LogP contribution in [0.25, 0.3) is 0 Å². The van der Waals surface area contributed by atoms with Crippen molar-refractivity contribution < 1.29 is 18.6 Å². The number of thioether (sulfide) groups is 1. The first kappa shape index (κ1) is 25.7. The van der Waals surface area contributed by atoms with Crippen molar-refractivity contribution in [2.45, 2.75) is 31.3 Å². The lowest BCUT2D eigenvalue weighted by molar-refractivity contribution is 0.391. The van der Waals surface area contributed by atoms with Crippen molar-refractivity contribution in [1.29, 1.82) is 0 Å². The number of hydrogen-bond acceptors (Lipinski definition) is 6. The fourth-order valence-corrected chi connectivity index (χ4v) is 5.31. The molecule has 0 saturated carbocycles. The Balaban J connectivity index is 1.48. The van der Waals surface area contributed by atoms with Gasteiger partial charge in [-0.25, -0.2) is 4.39 Å². The van der Waals surface area contributed by atoms with Crippen LogP contribution >= 0.6 is 11.8 Å². The first-order chi connectivity index (χ1) is 17.4. The predicted octanol–water partition coefficient (Wildman–Crippen LogP) is 5.96. The summed E-state index contributed by atoms with van der Waals surface area (Å²) in [7, 11) is 4.91. The number of amidine groups is 1. The second-order valence-electron chi connectivity index (χ2n) is 8.59. The minimum absolute atomic E-state index is 0.245. The number of rotatable bonds is 9. The molecule has 190 valence electrons. The third-order valence-electron chi connectivity index (χ3n) is 6.18. The van der Waals surface area contributed by atoms with Crippen molar-refractivity contribution in [3.05, 3.63) is 83.2 Å². The molecule has 0 aromatic heterocycles. The fourth-order valence-electron chi connectivity index (χ4n) is 4.10. The van der Waals surface area contributed by atoms with E-state index in [1.165, 1.54) is 6.07 Å². The SMILES string of the molecule is COc1ccc(CNc2ccc(F)c(C3(C)NC(=NCc4ccc(OC)cc4OC)CCS3)c2)cc1. The normalized spacial score (nSPS) is 18.4. The molecule has 4 rings (SSSR count). The Bertz CT molecular complexity index is 1220. The number of ether oxygens (including phenoxy) is 3. The van der Waals surface area contributed by atoms with E-state index >= 15 is 4.39 Å². The lowest BCUT2D eigenvalue weighted by Crippen LogP contribution is -2.45. The summed E-state index contributed by atoms with van der Waals surface area (Å²) < 4.78 is 31.0. The van der Waals surface area contributed by atoms with Gasteiger partial charge in [-0.1, -0.05) is 12.1 Å². The zero-order valence-corrected chi connectivity index (χ0v) is 21.9. The van der Waals surface area contributed by atoms with Gasteiger partial charge in [-0.05, 0) is 55.0 Å². The number of anilines is 1. The summed E-state index contributed by atoms with van der Waals surface area (Å²) in [6.07, 6.45) is 0.787. The van der Waals surface area contributed by atoms with E-state index in [0.29, 0.717) is 18.7 Å². The average molecular weight is 510 g/mol. The van der Waals surface area contributed by atoms with Crippen LogP contribution in [0.4, 0.5) is 10.1 Å². The number of nitrogens with one attached hydrogen (secondary N) is 2. The molecular formula is C28H32FN3O3S. The molecule has 0 bridgehead atoms. The number of nitrogens with zero attached hydrogens (tertiary/aromatic N) is 1. The highest BCUT2D eigenvalue weighted by molar-refractivity contribution is 8.00. The molecule has 1 aliphatic heterocycles. The van der Waals surface area contributed by atoms with Crippen molar-refractivity contribution in [2.75, 3.05) is 32.4 Å². The molecule has 8 heteroatoms. The monoisotopic (exact) mass is 509 g/mol. The van der Waals surface area contributed by atoms with E-state index in [1.54, 1.807) is 39.2 Å². The number of halogens is 1. The van der Waals surface area contributed by atoms with Crippen LogP contribution in [0.3, 0.4) is 0 Å². The van der Waals surface area contributed by atoms with E-state index < -0.39 is 4.87 Å². The van der Waals surface area contributed by atoms with E-state index in [1.807, 2.05) is 55.5 Å². The lowest BCUT2D eigenvalue weighted by Gasteiger charge is -2.36. The van der Waals surface area contributed by atoms with Crippen LogP contribution in [0, 0.1) is 5.82 Å². The Labute approximate surface area is 216 Å². The van der Waals surface area contributed by atoms with Crippen LogP contribution < -0.4 is 24.8 Å². The van der Waals surface area contributed by atoms with E-state index in [-0.39, 0.29) is 5.82 Å². The molecule has 1 unspecified atom stereocenters. The topological polar surface area (TPSA) is 64.1 Å². The van der Waals surface area contributed by atoms with Crippen LogP contribution in [0.15, 0.2) is 65.7 Å². The molecular weight excluding hydrogens is 477 g/mol. The van der Waals surface area contributed by atoms with E-state index in [4.69, 9.17) is 19.2 Å². The van der Waals surface area contributed by atoms with Crippen molar-refractivity contribution in [1.82, 2.24) is 5.32 Å². The maximum Gasteiger partial charge on any atom is 0.129 e. The second-order valence-corrected chi connectivity index (χ2v) is 10.1. The summed E-state index contributed by atoms with van der Waals surface area (Å²) in [4.78, 5) is 4.17. The Morgan fingerprint density at radius 3 is 2.44 bits per heavy atom. The molecule has 1 fully saturated rings. The van der Waals surface area contributed by atoms with Crippen molar-refractivity contribution in [2.24, 2.45) is 4.99 Å². The summed E-state index contributed by atoms with van der Waals surface area (Å²) >= 11 is 1.68. The smallest absolute Gasteiger partial charge is 0.129 e. The molecule has 36 heavy (non-hydrogen) atoms. The quantitative estimate of drug-likeness (QED) is 0.371. The third kappa shape index (κ3) is 6.05. The van der Waals surface area contributed by atoms with Crippen LogP contribution in [-0.4, -0.2) is 32.9 Å². The van der Waals surface area contributed by atoms with Crippen molar-refractivity contribution in [3.63, 3.8) is 0 Å². The Hall–Kier alpha value is -3.39. The molecule has 1 aliphatic rings. The zero-order chi connectivity index (χ0) is 25.5. The van der Waals surface area contributed by atoms with E-state index in [2.05, 4.69) is 10.6 Å². The molecule has 1 atom stereocenters. The summed E-state index contributed by atoms with van der Waals surface area (Å²) in [6.45, 7) is 3.09. The van der Waals surface area contributed by atoms with Gasteiger partial charge < -0.3 is 24.8 Å². The van der Waals surface area contributed by atoms with Gasteiger partial charge in [0.15, 0.2) is 0 Å². The maximum atomic E-state index is 15.0. The average Bonchev–Trinajstić information content (AvgIpc) is 2.91. The Morgan fingerprint density at radius 2 is 1.72 bits per heavy atom. The summed E-state index contributed by atoms with van der Waals surface area (Å²) in [6, 6.07) is 18.8. The van der Waals surface area contributed by atoms with Crippen molar-refractivity contribution >= 4 is 23.3 Å². The molecule has 0 aliphatic carbocycles. The van der Waals surface area contributed by atoms with E-state index in [9.17, 15) is 0 Å². The first-order valence-electron chi connectivity index (χ1n) is 11.8. The minimum atomic E-state index is -0.636. The highest BCUT2D eigenvalue weighted by Gasteiger charge is 2.34. The Kier molecular flexibility index (Phi) is 8.25. The second kappa shape index (κ2) is 11.6. The lowest BCUT2D eigenvalue weighted by atomic mass is 10.0. The molecule has 0 amide bonds. The van der Waals surface area contributed by atoms with Gasteiger partial charge in [-0.15, -0.1) is 11.8 Å². The van der Waals surface area contributed by atoms with Gasteiger partial charge in [0.1, 0.15) is 27.9 Å². The molecule has 3 aromatic carbocycles. The number of benzene rings is 3. The minimum Gasteiger partial charge on any atom is -0.497 e. The molecule has 1 saturated heterocycles. The predicted molar refractivity (Wildman–Crippen MR) is 145 cm³/mol. The number of aliphatic imine (C=N–C) groups is 1. The molecule has 3 aromatic rings. The molecule has 6 nitrogen and oxygen atoms in total. The van der Waals surface area contributed by atoms with Gasteiger partial charge in [-0.2, -0.15) is 0 Å². The molecule has 0 spiro atoms. The largest absolute Gasteiger partial charge is 0.497 e. The standard InChI is InChI=1S/C28H32FN3O3S/c1-28(24-15-21(8-12-25(24)29)30-17-19-5-9-22(33-2)10-6-19)32-27(13-14-36-28)31-18-20-7-11-23(34-3)16-26(20)35-4/h5-12,15-16,30H,13-14,17-18H2,1-4H3,(H,31,32). The van der Waals surface area contributed by atoms with Gasteiger partial charge in [0.2, 0.25) is 0 Å². The van der Waals surface area contributed by atoms with E-state index in [0.717, 1.165) is 52.1 Å². The van der Waals surface area contributed by atoms with Crippen LogP contribution in [0.1, 0.15) is 30.0 Å². The van der Waals surface area contributed by atoms with Gasteiger partial charge in [0, 0.05) is 41.6 Å². The van der Waals surface area contributed by atoms with Crippen molar-refractivity contribution in [3.8, 4) is 17.2 Å². The highest BCUT2D eigenvalue weighted by Crippen LogP contribution is 2.39. The van der Waals surface area contributed by atoms with Gasteiger partial charge in [0.05, 0.1) is 33.7 Å². The van der Waals surface area contributed by atoms with Crippen LogP contribution in [0.5, 0.6) is 17.2 Å². The number of methoxy groups -OCH3 is 3. The van der Waals surface area contributed by atoms with Gasteiger partial charge >= 0.3 is 0 Å². The van der Waals surface area contributed by atoms with Gasteiger partial charge in [-0.3, -0.25) is 4.99 Å².